The summed E-state index contributed by atoms with van der Waals surface area (Å²) in [5, 5.41) is 0. The van der Waals surface area contributed by atoms with Crippen molar-refractivity contribution in [2.45, 2.75) is 31.4 Å². The standard InChI is InChI=1S/C21H23FN2O6S/c1-14(25)17-7-9-19(10-8-17)31(28,29)23-12-20(26)30-15(2)21(27)24(3)13-16-5-4-6-18(22)11-16/h4-11,15,23H,12-13H2,1-3H3. The Hall–Kier alpha value is -3.11. The van der Waals surface area contributed by atoms with Crippen LogP contribution >= 0.6 is 0 Å². The van der Waals surface area contributed by atoms with Crippen LogP contribution in [0, 0.1) is 5.82 Å². The Morgan fingerprint density at radius 1 is 1.13 bits per heavy atom. The highest BCUT2D eigenvalue weighted by molar-refractivity contribution is 7.89. The van der Waals surface area contributed by atoms with Crippen LogP contribution in [0.5, 0.6) is 0 Å². The van der Waals surface area contributed by atoms with Crippen molar-refractivity contribution in [3.05, 3.63) is 65.5 Å². The molecule has 0 heterocycles. The number of Topliss-reactive ketones (excluding diaryl/α,β-unsaturated/α-hetero) is 1. The number of ether oxygens (including phenoxy) is 1. The molecule has 0 aromatic heterocycles. The number of carbonyl (C=O) groups is 3. The Morgan fingerprint density at radius 3 is 2.35 bits per heavy atom. The summed E-state index contributed by atoms with van der Waals surface area (Å²) in [6.45, 7) is 2.15. The second-order valence-corrected chi connectivity index (χ2v) is 8.63. The van der Waals surface area contributed by atoms with Crippen molar-refractivity contribution < 1.29 is 31.9 Å². The minimum Gasteiger partial charge on any atom is -0.452 e. The molecule has 0 saturated heterocycles. The Bertz CT molecular complexity index is 1070. The van der Waals surface area contributed by atoms with Gasteiger partial charge in [0.1, 0.15) is 12.4 Å². The van der Waals surface area contributed by atoms with Crippen LogP contribution in [0.2, 0.25) is 0 Å². The molecule has 0 spiro atoms. The number of rotatable bonds is 9. The van der Waals surface area contributed by atoms with Crippen molar-refractivity contribution in [1.82, 2.24) is 9.62 Å². The van der Waals surface area contributed by atoms with E-state index in [1.807, 2.05) is 0 Å². The largest absolute Gasteiger partial charge is 0.452 e. The third-order valence-corrected chi connectivity index (χ3v) is 5.74. The monoisotopic (exact) mass is 450 g/mol. The van der Waals surface area contributed by atoms with Gasteiger partial charge in [0.15, 0.2) is 11.9 Å². The summed E-state index contributed by atoms with van der Waals surface area (Å²) in [5.41, 5.74) is 0.922. The van der Waals surface area contributed by atoms with Gasteiger partial charge in [0, 0.05) is 19.2 Å². The summed E-state index contributed by atoms with van der Waals surface area (Å²) < 4.78 is 44.9. The molecule has 0 aliphatic heterocycles. The minimum absolute atomic E-state index is 0.112. The Morgan fingerprint density at radius 2 is 1.77 bits per heavy atom. The fourth-order valence-corrected chi connectivity index (χ4v) is 3.66. The van der Waals surface area contributed by atoms with Crippen LogP contribution in [0.4, 0.5) is 4.39 Å². The van der Waals surface area contributed by atoms with Gasteiger partial charge in [-0.1, -0.05) is 24.3 Å². The number of benzene rings is 2. The molecular weight excluding hydrogens is 427 g/mol. The first-order valence-corrected chi connectivity index (χ1v) is 10.8. The summed E-state index contributed by atoms with van der Waals surface area (Å²) in [7, 11) is -2.53. The van der Waals surface area contributed by atoms with Crippen LogP contribution in [0.1, 0.15) is 29.8 Å². The molecule has 0 aliphatic carbocycles. The number of sulfonamides is 1. The summed E-state index contributed by atoms with van der Waals surface area (Å²) in [5.74, 6) is -2.10. The van der Waals surface area contributed by atoms with Crippen LogP contribution in [0.3, 0.4) is 0 Å². The van der Waals surface area contributed by atoms with Crippen molar-refractivity contribution >= 4 is 27.7 Å². The van der Waals surface area contributed by atoms with Crippen molar-refractivity contribution in [2.75, 3.05) is 13.6 Å². The van der Waals surface area contributed by atoms with Crippen LogP contribution in [-0.4, -0.2) is 50.7 Å². The van der Waals surface area contributed by atoms with Gasteiger partial charge < -0.3 is 9.64 Å². The Labute approximate surface area is 180 Å². The average Bonchev–Trinajstić information content (AvgIpc) is 2.71. The smallest absolute Gasteiger partial charge is 0.321 e. The number of esters is 1. The second kappa shape index (κ2) is 10.3. The van der Waals surface area contributed by atoms with E-state index in [4.69, 9.17) is 4.74 Å². The number of likely N-dealkylation sites (N-methyl/N-ethyl adjacent to an activating group) is 1. The lowest BCUT2D eigenvalue weighted by Gasteiger charge is -2.21. The first-order valence-electron chi connectivity index (χ1n) is 9.29. The molecule has 0 radical (unpaired) electrons. The summed E-state index contributed by atoms with van der Waals surface area (Å²) in [6, 6.07) is 11.0. The van der Waals surface area contributed by atoms with E-state index in [9.17, 15) is 27.2 Å². The van der Waals surface area contributed by atoms with Crippen molar-refractivity contribution in [1.29, 1.82) is 0 Å². The molecule has 0 saturated carbocycles. The zero-order valence-corrected chi connectivity index (χ0v) is 18.1. The highest BCUT2D eigenvalue weighted by Crippen LogP contribution is 2.11. The predicted octanol–water partition coefficient (Wildman–Crippen LogP) is 1.90. The summed E-state index contributed by atoms with van der Waals surface area (Å²) in [6.07, 6.45) is -1.16. The van der Waals surface area contributed by atoms with Gasteiger partial charge in [0.2, 0.25) is 10.0 Å². The fraction of sp³-hybridized carbons (Fsp3) is 0.286. The first-order chi connectivity index (χ1) is 14.5. The van der Waals surface area contributed by atoms with Crippen LogP contribution in [0.15, 0.2) is 53.4 Å². The summed E-state index contributed by atoms with van der Waals surface area (Å²) in [4.78, 5) is 36.8. The molecule has 10 heteroatoms. The zero-order chi connectivity index (χ0) is 23.2. The fourth-order valence-electron chi connectivity index (χ4n) is 2.69. The zero-order valence-electron chi connectivity index (χ0n) is 17.3. The molecule has 1 N–H and O–H groups in total. The molecule has 1 amide bonds. The van der Waals surface area contributed by atoms with Crippen LogP contribution < -0.4 is 4.72 Å². The highest BCUT2D eigenvalue weighted by atomic mass is 32.2. The molecule has 166 valence electrons. The second-order valence-electron chi connectivity index (χ2n) is 6.86. The van der Waals surface area contributed by atoms with Gasteiger partial charge in [-0.15, -0.1) is 0 Å². The topological polar surface area (TPSA) is 110 Å². The van der Waals surface area contributed by atoms with E-state index < -0.39 is 40.4 Å². The quantitative estimate of drug-likeness (QED) is 0.462. The average molecular weight is 450 g/mol. The van der Waals surface area contributed by atoms with Gasteiger partial charge in [-0.3, -0.25) is 14.4 Å². The number of halogens is 1. The lowest BCUT2D eigenvalue weighted by molar-refractivity contribution is -0.157. The molecule has 0 aliphatic rings. The maximum absolute atomic E-state index is 13.3. The van der Waals surface area contributed by atoms with E-state index >= 15 is 0 Å². The third-order valence-electron chi connectivity index (χ3n) is 4.32. The lowest BCUT2D eigenvalue weighted by Crippen LogP contribution is -2.39. The molecular formula is C21H23FN2O6S. The molecule has 2 aromatic rings. The molecule has 1 unspecified atom stereocenters. The molecule has 8 nitrogen and oxygen atoms in total. The summed E-state index contributed by atoms with van der Waals surface area (Å²) >= 11 is 0. The van der Waals surface area contributed by atoms with Gasteiger partial charge >= 0.3 is 5.97 Å². The normalized spacial score (nSPS) is 12.1. The molecule has 1 atom stereocenters. The lowest BCUT2D eigenvalue weighted by atomic mass is 10.2. The van der Waals surface area contributed by atoms with E-state index in [0.717, 1.165) is 0 Å². The van der Waals surface area contributed by atoms with E-state index in [1.165, 1.54) is 68.3 Å². The van der Waals surface area contributed by atoms with Crippen molar-refractivity contribution in [3.8, 4) is 0 Å². The molecule has 2 aromatic carbocycles. The molecule has 0 bridgehead atoms. The number of hydrogen-bond donors (Lipinski definition) is 1. The predicted molar refractivity (Wildman–Crippen MR) is 110 cm³/mol. The Kier molecular flexibility index (Phi) is 8.01. The number of carbonyl (C=O) groups excluding carboxylic acids is 3. The number of amides is 1. The first kappa shape index (κ1) is 24.2. The van der Waals surface area contributed by atoms with Gasteiger partial charge in [-0.25, -0.2) is 12.8 Å². The number of hydrogen-bond acceptors (Lipinski definition) is 6. The van der Waals surface area contributed by atoms with E-state index in [1.54, 1.807) is 6.07 Å². The molecule has 31 heavy (non-hydrogen) atoms. The highest BCUT2D eigenvalue weighted by Gasteiger charge is 2.23. The van der Waals surface area contributed by atoms with Crippen LogP contribution in [-0.2, 0) is 30.9 Å². The van der Waals surface area contributed by atoms with E-state index in [0.29, 0.717) is 11.1 Å². The van der Waals surface area contributed by atoms with Gasteiger partial charge in [-0.05, 0) is 43.7 Å². The van der Waals surface area contributed by atoms with Crippen molar-refractivity contribution in [3.63, 3.8) is 0 Å². The van der Waals surface area contributed by atoms with Crippen LogP contribution in [0.25, 0.3) is 0 Å². The number of nitrogens with one attached hydrogen (secondary N) is 1. The maximum Gasteiger partial charge on any atom is 0.321 e. The van der Waals surface area contributed by atoms with E-state index in [-0.39, 0.29) is 17.2 Å². The number of nitrogens with zero attached hydrogens (tertiary/aromatic N) is 1. The third kappa shape index (κ3) is 6.97. The van der Waals surface area contributed by atoms with Crippen molar-refractivity contribution in [2.24, 2.45) is 0 Å². The Balaban J connectivity index is 1.89. The SMILES string of the molecule is CC(=O)c1ccc(S(=O)(=O)NCC(=O)OC(C)C(=O)N(C)Cc2cccc(F)c2)cc1. The van der Waals surface area contributed by atoms with Gasteiger partial charge in [-0.2, -0.15) is 4.72 Å². The minimum atomic E-state index is -4.01. The van der Waals surface area contributed by atoms with Gasteiger partial charge in [0.25, 0.3) is 5.91 Å². The maximum atomic E-state index is 13.3. The molecule has 0 fully saturated rings. The van der Waals surface area contributed by atoms with E-state index in [2.05, 4.69) is 4.72 Å². The van der Waals surface area contributed by atoms with Gasteiger partial charge in [0.05, 0.1) is 4.90 Å². The molecule has 2 rings (SSSR count). The number of ketones is 1.